The summed E-state index contributed by atoms with van der Waals surface area (Å²) in [4.78, 5) is 0. The molecule has 1 aliphatic carbocycles. The van der Waals surface area contributed by atoms with Crippen LogP contribution < -0.4 is 0 Å². The van der Waals surface area contributed by atoms with Crippen molar-refractivity contribution in [1.29, 1.82) is 0 Å². The molecule has 0 aromatic heterocycles. The van der Waals surface area contributed by atoms with Gasteiger partial charge in [0.15, 0.2) is 0 Å². The third-order valence-electron chi connectivity index (χ3n) is 3.43. The van der Waals surface area contributed by atoms with E-state index >= 15 is 0 Å². The molecule has 0 radical (unpaired) electrons. The zero-order valence-corrected chi connectivity index (χ0v) is 11.0. The maximum atomic E-state index is 13.4. The summed E-state index contributed by atoms with van der Waals surface area (Å²) >= 11 is 0. The SMILES string of the molecule is OCC#Cc1cc(COCC2CCCC2)ccc1F. The van der Waals surface area contributed by atoms with Gasteiger partial charge in [-0.2, -0.15) is 0 Å². The van der Waals surface area contributed by atoms with Crippen LogP contribution in [0.3, 0.4) is 0 Å². The molecule has 0 bridgehead atoms. The highest BCUT2D eigenvalue weighted by Crippen LogP contribution is 2.25. The molecule has 0 atom stereocenters. The molecule has 1 aromatic carbocycles. The van der Waals surface area contributed by atoms with E-state index in [4.69, 9.17) is 9.84 Å². The van der Waals surface area contributed by atoms with Gasteiger partial charge in [-0.25, -0.2) is 4.39 Å². The third-order valence-corrected chi connectivity index (χ3v) is 3.43. The van der Waals surface area contributed by atoms with Gasteiger partial charge >= 0.3 is 0 Å². The van der Waals surface area contributed by atoms with Crippen LogP contribution in [-0.2, 0) is 11.3 Å². The van der Waals surface area contributed by atoms with E-state index in [-0.39, 0.29) is 12.4 Å². The second-order valence-corrected chi connectivity index (χ2v) is 4.94. The molecule has 0 spiro atoms. The van der Waals surface area contributed by atoms with Crippen molar-refractivity contribution in [3.05, 3.63) is 35.1 Å². The van der Waals surface area contributed by atoms with E-state index in [1.54, 1.807) is 12.1 Å². The molecule has 3 heteroatoms. The summed E-state index contributed by atoms with van der Waals surface area (Å²) in [5.74, 6) is 5.39. The molecule has 0 saturated heterocycles. The van der Waals surface area contributed by atoms with Gasteiger partial charge in [0.2, 0.25) is 0 Å². The molecule has 0 heterocycles. The number of hydrogen-bond donors (Lipinski definition) is 1. The Labute approximate surface area is 113 Å². The number of ether oxygens (including phenoxy) is 1. The normalized spacial score (nSPS) is 15.3. The van der Waals surface area contributed by atoms with Gasteiger partial charge in [-0.05, 0) is 36.5 Å². The van der Waals surface area contributed by atoms with E-state index in [0.717, 1.165) is 12.2 Å². The predicted octanol–water partition coefficient (Wildman–Crippen LogP) is 2.88. The Morgan fingerprint density at radius 2 is 2.11 bits per heavy atom. The average Bonchev–Trinajstić information content (AvgIpc) is 2.92. The number of hydrogen-bond acceptors (Lipinski definition) is 2. The van der Waals surface area contributed by atoms with Crippen molar-refractivity contribution >= 4 is 0 Å². The van der Waals surface area contributed by atoms with Crippen LogP contribution in [0.25, 0.3) is 0 Å². The van der Waals surface area contributed by atoms with Crippen molar-refractivity contribution in [2.45, 2.75) is 32.3 Å². The molecule has 19 heavy (non-hydrogen) atoms. The molecule has 0 aliphatic heterocycles. The number of aliphatic hydroxyl groups is 1. The fourth-order valence-electron chi connectivity index (χ4n) is 2.41. The van der Waals surface area contributed by atoms with Crippen LogP contribution in [0, 0.1) is 23.6 Å². The molecule has 1 N–H and O–H groups in total. The number of aliphatic hydroxyl groups excluding tert-OH is 1. The molecule has 1 aliphatic rings. The molecule has 0 amide bonds. The topological polar surface area (TPSA) is 29.5 Å². The Bertz CT molecular complexity index is 467. The van der Waals surface area contributed by atoms with Crippen LogP contribution in [0.5, 0.6) is 0 Å². The molecule has 0 unspecified atom stereocenters. The van der Waals surface area contributed by atoms with Gasteiger partial charge in [-0.15, -0.1) is 0 Å². The highest BCUT2D eigenvalue weighted by atomic mass is 19.1. The minimum Gasteiger partial charge on any atom is -0.384 e. The maximum Gasteiger partial charge on any atom is 0.138 e. The van der Waals surface area contributed by atoms with Crippen molar-refractivity contribution in [3.8, 4) is 11.8 Å². The van der Waals surface area contributed by atoms with Crippen molar-refractivity contribution in [2.24, 2.45) is 5.92 Å². The van der Waals surface area contributed by atoms with E-state index in [1.165, 1.54) is 31.7 Å². The van der Waals surface area contributed by atoms with Crippen LogP contribution in [0.1, 0.15) is 36.8 Å². The molecule has 1 fully saturated rings. The van der Waals surface area contributed by atoms with Crippen LogP contribution in [0.15, 0.2) is 18.2 Å². The summed E-state index contributed by atoms with van der Waals surface area (Å²) in [6.45, 7) is 1.02. The quantitative estimate of drug-likeness (QED) is 0.845. The molecular weight excluding hydrogens is 243 g/mol. The summed E-state index contributed by atoms with van der Waals surface area (Å²) in [5.41, 5.74) is 1.23. The summed E-state index contributed by atoms with van der Waals surface area (Å²) < 4.78 is 19.1. The first-order chi connectivity index (χ1) is 9.29. The van der Waals surface area contributed by atoms with Crippen LogP contribution >= 0.6 is 0 Å². The van der Waals surface area contributed by atoms with E-state index < -0.39 is 0 Å². The highest BCUT2D eigenvalue weighted by molar-refractivity contribution is 5.38. The second kappa shape index (κ2) is 7.28. The van der Waals surface area contributed by atoms with Gasteiger partial charge in [0.05, 0.1) is 12.2 Å². The first-order valence-electron chi connectivity index (χ1n) is 6.75. The summed E-state index contributed by atoms with van der Waals surface area (Å²) in [5, 5.41) is 8.63. The minimum absolute atomic E-state index is 0.262. The molecule has 2 nitrogen and oxygen atoms in total. The van der Waals surface area contributed by atoms with Crippen LogP contribution in [0.2, 0.25) is 0 Å². The molecule has 2 rings (SSSR count). The lowest BCUT2D eigenvalue weighted by Gasteiger charge is -2.10. The fourth-order valence-corrected chi connectivity index (χ4v) is 2.41. The lowest BCUT2D eigenvalue weighted by atomic mass is 10.1. The van der Waals surface area contributed by atoms with E-state index in [0.29, 0.717) is 18.1 Å². The monoisotopic (exact) mass is 262 g/mol. The smallest absolute Gasteiger partial charge is 0.138 e. The van der Waals surface area contributed by atoms with Crippen molar-refractivity contribution in [3.63, 3.8) is 0 Å². The van der Waals surface area contributed by atoms with E-state index in [2.05, 4.69) is 11.8 Å². The zero-order chi connectivity index (χ0) is 13.5. The van der Waals surface area contributed by atoms with Gasteiger partial charge in [0.25, 0.3) is 0 Å². The number of rotatable bonds is 4. The second-order valence-electron chi connectivity index (χ2n) is 4.94. The van der Waals surface area contributed by atoms with Crippen molar-refractivity contribution in [2.75, 3.05) is 13.2 Å². The minimum atomic E-state index is -0.361. The van der Waals surface area contributed by atoms with Gasteiger partial charge in [-0.1, -0.05) is 30.7 Å². The summed E-state index contributed by atoms with van der Waals surface area (Å²) in [7, 11) is 0. The Morgan fingerprint density at radius 1 is 1.32 bits per heavy atom. The van der Waals surface area contributed by atoms with Gasteiger partial charge in [-0.3, -0.25) is 0 Å². The first-order valence-corrected chi connectivity index (χ1v) is 6.75. The Hall–Kier alpha value is -1.37. The van der Waals surface area contributed by atoms with Gasteiger partial charge in [0.1, 0.15) is 12.4 Å². The number of benzene rings is 1. The molecule has 102 valence electrons. The fraction of sp³-hybridized carbons (Fsp3) is 0.500. The Kier molecular flexibility index (Phi) is 5.38. The average molecular weight is 262 g/mol. The largest absolute Gasteiger partial charge is 0.384 e. The van der Waals surface area contributed by atoms with Crippen molar-refractivity contribution < 1.29 is 14.2 Å². The lowest BCUT2D eigenvalue weighted by molar-refractivity contribution is 0.0888. The van der Waals surface area contributed by atoms with Crippen molar-refractivity contribution in [1.82, 2.24) is 0 Å². The van der Waals surface area contributed by atoms with E-state index in [9.17, 15) is 4.39 Å². The summed E-state index contributed by atoms with van der Waals surface area (Å²) in [6.07, 6.45) is 5.14. The molecular formula is C16H19FO2. The third kappa shape index (κ3) is 4.34. The zero-order valence-electron chi connectivity index (χ0n) is 11.0. The van der Waals surface area contributed by atoms with Gasteiger partial charge in [0, 0.05) is 6.61 Å². The Balaban J connectivity index is 1.89. The highest BCUT2D eigenvalue weighted by Gasteiger charge is 2.14. The Morgan fingerprint density at radius 3 is 2.84 bits per heavy atom. The van der Waals surface area contributed by atoms with Crippen LogP contribution in [0.4, 0.5) is 4.39 Å². The van der Waals surface area contributed by atoms with Crippen LogP contribution in [-0.4, -0.2) is 18.3 Å². The molecule has 1 aromatic rings. The summed E-state index contributed by atoms with van der Waals surface area (Å²) in [6, 6.07) is 4.80. The number of halogens is 1. The first kappa shape index (κ1) is 14.0. The van der Waals surface area contributed by atoms with E-state index in [1.807, 2.05) is 0 Å². The standard InChI is InChI=1S/C16H19FO2/c17-16-8-7-14(10-15(16)6-3-9-18)12-19-11-13-4-1-2-5-13/h7-8,10,13,18H,1-2,4-5,9,11-12H2. The predicted molar refractivity (Wildman–Crippen MR) is 72.0 cm³/mol. The molecule has 1 saturated carbocycles. The lowest BCUT2D eigenvalue weighted by Crippen LogP contribution is -2.05. The van der Waals surface area contributed by atoms with Gasteiger partial charge < -0.3 is 9.84 Å². The maximum absolute atomic E-state index is 13.4.